The molecule has 0 spiro atoms. The van der Waals surface area contributed by atoms with Crippen molar-refractivity contribution in [2.75, 3.05) is 0 Å². The molecule has 0 radical (unpaired) electrons. The Labute approximate surface area is 120 Å². The summed E-state index contributed by atoms with van der Waals surface area (Å²) in [5, 5.41) is 10.7. The predicted molar refractivity (Wildman–Crippen MR) is 76.2 cm³/mol. The van der Waals surface area contributed by atoms with E-state index in [-0.39, 0.29) is 11.3 Å². The van der Waals surface area contributed by atoms with Gasteiger partial charge in [-0.15, -0.1) is 0 Å². The monoisotopic (exact) mass is 287 g/mol. The smallest absolute Gasteiger partial charge is 0.270 e. The van der Waals surface area contributed by atoms with Gasteiger partial charge in [0.2, 0.25) is 0 Å². The Balaban J connectivity index is 2.00. The topological polar surface area (TPSA) is 97.4 Å². The highest BCUT2D eigenvalue weighted by Gasteiger charge is 2.12. The molecule has 21 heavy (non-hydrogen) atoms. The largest absolute Gasteiger partial charge is 0.460 e. The molecule has 2 N–H and O–H groups in total. The molecule has 2 rings (SSSR count). The average Bonchev–Trinajstić information content (AvgIpc) is 2.91. The number of nitrogens with one attached hydrogen (secondary N) is 2. The zero-order chi connectivity index (χ0) is 15.4. The van der Waals surface area contributed by atoms with E-state index >= 15 is 0 Å². The van der Waals surface area contributed by atoms with Gasteiger partial charge in [-0.05, 0) is 25.1 Å². The first-order valence-corrected chi connectivity index (χ1v) is 6.04. The summed E-state index contributed by atoms with van der Waals surface area (Å²) in [7, 11) is 0. The number of nitro groups is 1. The molecule has 108 valence electrons. The second-order valence-electron chi connectivity index (χ2n) is 4.28. The number of hydrogen-bond donors (Lipinski definition) is 2. The van der Waals surface area contributed by atoms with E-state index < -0.39 is 10.8 Å². The Morgan fingerprint density at radius 3 is 2.67 bits per heavy atom. The third-order valence-electron chi connectivity index (χ3n) is 2.68. The molecule has 7 nitrogen and oxygen atoms in total. The minimum atomic E-state index is -0.561. The van der Waals surface area contributed by atoms with Crippen LogP contribution in [0.1, 0.15) is 21.9 Å². The number of carbonyl (C=O) groups excluding carboxylic acids is 1. The molecule has 0 atom stereocenters. The van der Waals surface area contributed by atoms with Gasteiger partial charge in [-0.25, -0.2) is 0 Å². The van der Waals surface area contributed by atoms with Gasteiger partial charge in [0.15, 0.2) is 5.76 Å². The molecular weight excluding hydrogens is 274 g/mol. The van der Waals surface area contributed by atoms with Crippen LogP contribution in [-0.4, -0.2) is 10.8 Å². The summed E-state index contributed by atoms with van der Waals surface area (Å²) in [6.07, 6.45) is 0. The summed E-state index contributed by atoms with van der Waals surface area (Å²) in [5.41, 5.74) is 5.40. The molecular formula is C14H13N3O4. The molecule has 2 aromatic rings. The van der Waals surface area contributed by atoms with Crippen molar-refractivity contribution in [3.05, 3.63) is 70.2 Å². The summed E-state index contributed by atoms with van der Waals surface area (Å²) < 4.78 is 5.33. The highest BCUT2D eigenvalue weighted by Crippen LogP contribution is 2.14. The second kappa shape index (κ2) is 5.91. The number of nitro benzene ring substituents is 1. The lowest BCUT2D eigenvalue weighted by Crippen LogP contribution is -2.35. The molecule has 0 bridgehead atoms. The fourth-order valence-corrected chi connectivity index (χ4v) is 1.62. The minimum absolute atomic E-state index is 0.150. The van der Waals surface area contributed by atoms with Crippen LogP contribution in [0.25, 0.3) is 5.70 Å². The zero-order valence-corrected chi connectivity index (χ0v) is 11.3. The Morgan fingerprint density at radius 2 is 2.05 bits per heavy atom. The van der Waals surface area contributed by atoms with Gasteiger partial charge in [0.1, 0.15) is 5.76 Å². The van der Waals surface area contributed by atoms with E-state index in [9.17, 15) is 14.9 Å². The molecule has 0 aliphatic heterocycles. The fourth-order valence-electron chi connectivity index (χ4n) is 1.62. The van der Waals surface area contributed by atoms with Crippen molar-refractivity contribution < 1.29 is 14.1 Å². The second-order valence-corrected chi connectivity index (χ2v) is 4.28. The van der Waals surface area contributed by atoms with Gasteiger partial charge in [-0.2, -0.15) is 0 Å². The first-order chi connectivity index (χ1) is 9.97. The van der Waals surface area contributed by atoms with Crippen LogP contribution in [0.4, 0.5) is 5.69 Å². The predicted octanol–water partition coefficient (Wildman–Crippen LogP) is 2.40. The molecule has 0 aliphatic rings. The number of hydrogen-bond acceptors (Lipinski definition) is 5. The van der Waals surface area contributed by atoms with Crippen LogP contribution < -0.4 is 10.9 Å². The van der Waals surface area contributed by atoms with E-state index in [1.807, 2.05) is 0 Å². The number of non-ortho nitro benzene ring substituents is 1. The SMILES string of the molecule is C=C(NNC(=O)c1cccc([N+](=O)[O-])c1)c1ccc(C)o1. The molecule has 1 aromatic carbocycles. The Kier molecular flexibility index (Phi) is 4.03. The van der Waals surface area contributed by atoms with Gasteiger partial charge in [0.05, 0.1) is 10.6 Å². The molecule has 0 unspecified atom stereocenters. The molecule has 1 heterocycles. The number of rotatable bonds is 5. The lowest BCUT2D eigenvalue weighted by molar-refractivity contribution is -0.384. The number of amides is 1. The van der Waals surface area contributed by atoms with E-state index in [1.165, 1.54) is 24.3 Å². The van der Waals surface area contributed by atoms with E-state index in [0.29, 0.717) is 11.5 Å². The maximum absolute atomic E-state index is 11.9. The van der Waals surface area contributed by atoms with Crippen LogP contribution in [0.15, 0.2) is 47.4 Å². The van der Waals surface area contributed by atoms with Crippen LogP contribution in [-0.2, 0) is 0 Å². The number of aryl methyl sites for hydroxylation is 1. The quantitative estimate of drug-likeness (QED) is 0.650. The van der Waals surface area contributed by atoms with Crippen molar-refractivity contribution in [2.24, 2.45) is 0 Å². The van der Waals surface area contributed by atoms with E-state index in [1.54, 1.807) is 19.1 Å². The van der Waals surface area contributed by atoms with Crippen LogP contribution >= 0.6 is 0 Å². The number of hydrazine groups is 1. The summed E-state index contributed by atoms with van der Waals surface area (Å²) in [4.78, 5) is 22.0. The molecule has 0 saturated heterocycles. The highest BCUT2D eigenvalue weighted by molar-refractivity contribution is 5.94. The van der Waals surface area contributed by atoms with Crippen molar-refractivity contribution in [1.82, 2.24) is 10.9 Å². The number of furan rings is 1. The Morgan fingerprint density at radius 1 is 1.29 bits per heavy atom. The zero-order valence-electron chi connectivity index (χ0n) is 11.3. The Bertz CT molecular complexity index is 706. The number of nitrogens with zero attached hydrogens (tertiary/aromatic N) is 1. The van der Waals surface area contributed by atoms with Crippen LogP contribution in [0.2, 0.25) is 0 Å². The van der Waals surface area contributed by atoms with E-state index in [2.05, 4.69) is 17.4 Å². The van der Waals surface area contributed by atoms with Gasteiger partial charge in [-0.3, -0.25) is 25.8 Å². The van der Waals surface area contributed by atoms with Crippen LogP contribution in [0, 0.1) is 17.0 Å². The number of carbonyl (C=O) groups is 1. The normalized spacial score (nSPS) is 9.95. The van der Waals surface area contributed by atoms with Gasteiger partial charge in [-0.1, -0.05) is 12.6 Å². The van der Waals surface area contributed by atoms with Crippen LogP contribution in [0.3, 0.4) is 0 Å². The summed E-state index contributed by atoms with van der Waals surface area (Å²) in [5.74, 6) is 0.702. The lowest BCUT2D eigenvalue weighted by atomic mass is 10.2. The Hall–Kier alpha value is -3.09. The van der Waals surface area contributed by atoms with Crippen molar-refractivity contribution in [1.29, 1.82) is 0 Å². The van der Waals surface area contributed by atoms with Crippen molar-refractivity contribution in [2.45, 2.75) is 6.92 Å². The molecule has 0 aliphatic carbocycles. The fraction of sp³-hybridized carbons (Fsp3) is 0.0714. The average molecular weight is 287 g/mol. The molecule has 1 amide bonds. The summed E-state index contributed by atoms with van der Waals surface area (Å²) in [6, 6.07) is 8.90. The first kappa shape index (κ1) is 14.3. The molecule has 7 heteroatoms. The van der Waals surface area contributed by atoms with E-state index in [0.717, 1.165) is 5.76 Å². The minimum Gasteiger partial charge on any atom is -0.460 e. The highest BCUT2D eigenvalue weighted by atomic mass is 16.6. The molecule has 0 fully saturated rings. The first-order valence-electron chi connectivity index (χ1n) is 6.04. The van der Waals surface area contributed by atoms with Crippen molar-refractivity contribution in [3.63, 3.8) is 0 Å². The molecule has 1 aromatic heterocycles. The van der Waals surface area contributed by atoms with E-state index in [4.69, 9.17) is 4.42 Å². The third kappa shape index (κ3) is 3.47. The van der Waals surface area contributed by atoms with Crippen molar-refractivity contribution >= 4 is 17.3 Å². The lowest BCUT2D eigenvalue weighted by Gasteiger charge is -2.09. The molecule has 0 saturated carbocycles. The van der Waals surface area contributed by atoms with Crippen LogP contribution in [0.5, 0.6) is 0 Å². The van der Waals surface area contributed by atoms with Crippen molar-refractivity contribution in [3.8, 4) is 0 Å². The summed E-state index contributed by atoms with van der Waals surface area (Å²) >= 11 is 0. The van der Waals surface area contributed by atoms with Gasteiger partial charge >= 0.3 is 0 Å². The van der Waals surface area contributed by atoms with Gasteiger partial charge in [0.25, 0.3) is 11.6 Å². The third-order valence-corrected chi connectivity index (χ3v) is 2.68. The number of benzene rings is 1. The summed E-state index contributed by atoms with van der Waals surface area (Å²) in [6.45, 7) is 5.51. The maximum atomic E-state index is 11.9. The standard InChI is InChI=1S/C14H13N3O4/c1-9-6-7-13(21-9)10(2)15-16-14(18)11-4-3-5-12(8-11)17(19)20/h3-8,15H,2H2,1H3,(H,16,18). The van der Waals surface area contributed by atoms with Gasteiger partial charge < -0.3 is 4.42 Å². The maximum Gasteiger partial charge on any atom is 0.270 e. The van der Waals surface area contributed by atoms with Gasteiger partial charge in [0, 0.05) is 17.7 Å².